The summed E-state index contributed by atoms with van der Waals surface area (Å²) in [5.74, 6) is -0.0807. The van der Waals surface area contributed by atoms with Crippen LogP contribution in [0.2, 0.25) is 0 Å². The highest BCUT2D eigenvalue weighted by atomic mass is 32.1. The third-order valence-corrected chi connectivity index (χ3v) is 5.79. The van der Waals surface area contributed by atoms with Gasteiger partial charge in [0.25, 0.3) is 5.91 Å². The first-order valence-electron chi connectivity index (χ1n) is 10.0. The van der Waals surface area contributed by atoms with Gasteiger partial charge in [-0.05, 0) is 36.6 Å². The Kier molecular flexibility index (Phi) is 6.43. The molecule has 158 valence electrons. The molecule has 7 heteroatoms. The van der Waals surface area contributed by atoms with E-state index in [1.165, 1.54) is 5.01 Å². The van der Waals surface area contributed by atoms with Crippen molar-refractivity contribution in [2.75, 3.05) is 13.2 Å². The number of esters is 1. The molecular formula is C24H22N2O4S. The molecule has 1 aliphatic rings. The van der Waals surface area contributed by atoms with E-state index in [9.17, 15) is 9.59 Å². The van der Waals surface area contributed by atoms with Gasteiger partial charge < -0.3 is 9.47 Å². The molecule has 31 heavy (non-hydrogen) atoms. The minimum atomic E-state index is -0.434. The first-order valence-corrected chi connectivity index (χ1v) is 10.9. The van der Waals surface area contributed by atoms with E-state index in [0.29, 0.717) is 24.3 Å². The van der Waals surface area contributed by atoms with Crippen LogP contribution in [-0.2, 0) is 9.53 Å². The lowest BCUT2D eigenvalue weighted by molar-refractivity contribution is -0.145. The Morgan fingerprint density at radius 2 is 1.84 bits per heavy atom. The van der Waals surface area contributed by atoms with Crippen molar-refractivity contribution in [3.8, 4) is 5.75 Å². The van der Waals surface area contributed by atoms with Crippen molar-refractivity contribution in [2.45, 2.75) is 19.4 Å². The summed E-state index contributed by atoms with van der Waals surface area (Å²) in [4.78, 5) is 26.1. The second-order valence-corrected chi connectivity index (χ2v) is 7.84. The van der Waals surface area contributed by atoms with Crippen LogP contribution < -0.4 is 4.74 Å². The molecule has 0 N–H and O–H groups in total. The molecule has 0 bridgehead atoms. The summed E-state index contributed by atoms with van der Waals surface area (Å²) >= 11 is 1.59. The van der Waals surface area contributed by atoms with Crippen LogP contribution in [0.1, 0.15) is 40.2 Å². The molecule has 1 amide bonds. The Hall–Kier alpha value is -3.45. The summed E-state index contributed by atoms with van der Waals surface area (Å²) in [6, 6.07) is 20.1. The number of carbonyl (C=O) groups is 2. The predicted molar refractivity (Wildman–Crippen MR) is 119 cm³/mol. The Labute approximate surface area is 184 Å². The third kappa shape index (κ3) is 4.67. The lowest BCUT2D eigenvalue weighted by Crippen LogP contribution is -2.27. The smallest absolute Gasteiger partial charge is 0.344 e. The Bertz CT molecular complexity index is 1080. The number of hydrazone groups is 1. The molecule has 4 rings (SSSR count). The molecule has 2 aromatic carbocycles. The van der Waals surface area contributed by atoms with Crippen molar-refractivity contribution >= 4 is 28.9 Å². The van der Waals surface area contributed by atoms with Crippen LogP contribution in [-0.4, -0.2) is 35.8 Å². The zero-order valence-electron chi connectivity index (χ0n) is 17.1. The molecule has 0 saturated carbocycles. The number of benzene rings is 2. The predicted octanol–water partition coefficient (Wildman–Crippen LogP) is 4.68. The van der Waals surface area contributed by atoms with Crippen LogP contribution in [0, 0.1) is 0 Å². The summed E-state index contributed by atoms with van der Waals surface area (Å²) in [5.41, 5.74) is 2.21. The van der Waals surface area contributed by atoms with E-state index >= 15 is 0 Å². The van der Waals surface area contributed by atoms with Crippen LogP contribution in [0.4, 0.5) is 0 Å². The molecule has 1 aromatic heterocycles. The molecule has 0 saturated heterocycles. The van der Waals surface area contributed by atoms with Crippen LogP contribution in [0.5, 0.6) is 5.75 Å². The van der Waals surface area contributed by atoms with Crippen molar-refractivity contribution < 1.29 is 19.1 Å². The quantitative estimate of drug-likeness (QED) is 0.506. The number of rotatable bonds is 7. The number of carbonyl (C=O) groups excluding carboxylic acids is 2. The van der Waals surface area contributed by atoms with E-state index in [1.807, 2.05) is 53.9 Å². The van der Waals surface area contributed by atoms with Crippen molar-refractivity contribution in [3.05, 3.63) is 88.1 Å². The minimum Gasteiger partial charge on any atom is -0.482 e. The highest BCUT2D eigenvalue weighted by Crippen LogP contribution is 2.38. The monoisotopic (exact) mass is 434 g/mol. The zero-order chi connectivity index (χ0) is 21.6. The number of nitrogens with zero attached hydrogens (tertiary/aromatic N) is 2. The van der Waals surface area contributed by atoms with Gasteiger partial charge in [-0.3, -0.25) is 4.79 Å². The van der Waals surface area contributed by atoms with Gasteiger partial charge in [0.15, 0.2) is 6.61 Å². The maximum absolute atomic E-state index is 13.3. The van der Waals surface area contributed by atoms with Crippen molar-refractivity contribution in [2.24, 2.45) is 5.10 Å². The van der Waals surface area contributed by atoms with Crippen LogP contribution in [0.15, 0.2) is 77.2 Å². The first-order chi connectivity index (χ1) is 15.2. The lowest BCUT2D eigenvalue weighted by Gasteiger charge is -2.24. The Morgan fingerprint density at radius 3 is 2.58 bits per heavy atom. The summed E-state index contributed by atoms with van der Waals surface area (Å²) in [6.45, 7) is 1.85. The molecule has 1 aliphatic heterocycles. The summed E-state index contributed by atoms with van der Waals surface area (Å²) in [5, 5.41) is 8.21. The van der Waals surface area contributed by atoms with Crippen molar-refractivity contribution in [1.29, 1.82) is 0 Å². The zero-order valence-corrected chi connectivity index (χ0v) is 17.9. The fourth-order valence-corrected chi connectivity index (χ4v) is 4.19. The topological polar surface area (TPSA) is 68.2 Å². The van der Waals surface area contributed by atoms with Gasteiger partial charge >= 0.3 is 5.97 Å². The number of hydrogen-bond acceptors (Lipinski definition) is 6. The lowest BCUT2D eigenvalue weighted by atomic mass is 9.99. The minimum absolute atomic E-state index is 0.183. The number of para-hydroxylation sites is 1. The molecular weight excluding hydrogens is 412 g/mol. The summed E-state index contributed by atoms with van der Waals surface area (Å²) in [7, 11) is 0. The highest BCUT2D eigenvalue weighted by Gasteiger charge is 2.35. The van der Waals surface area contributed by atoms with E-state index in [1.54, 1.807) is 36.5 Å². The van der Waals surface area contributed by atoms with Gasteiger partial charge in [-0.15, -0.1) is 11.3 Å². The van der Waals surface area contributed by atoms with Gasteiger partial charge in [-0.25, -0.2) is 9.80 Å². The van der Waals surface area contributed by atoms with E-state index in [-0.39, 0.29) is 18.6 Å². The normalized spacial score (nSPS) is 15.5. The maximum Gasteiger partial charge on any atom is 0.344 e. The fourth-order valence-electron chi connectivity index (χ4n) is 3.47. The van der Waals surface area contributed by atoms with Crippen LogP contribution in [0.25, 0.3) is 0 Å². The molecule has 6 nitrogen and oxygen atoms in total. The van der Waals surface area contributed by atoms with Crippen molar-refractivity contribution in [1.82, 2.24) is 5.01 Å². The largest absolute Gasteiger partial charge is 0.482 e. The van der Waals surface area contributed by atoms with Gasteiger partial charge in [0.2, 0.25) is 0 Å². The van der Waals surface area contributed by atoms with Gasteiger partial charge in [0, 0.05) is 17.5 Å². The van der Waals surface area contributed by atoms with Crippen LogP contribution >= 0.6 is 11.3 Å². The molecule has 0 radical (unpaired) electrons. The molecule has 3 aromatic rings. The molecule has 0 fully saturated rings. The average molecular weight is 435 g/mol. The van der Waals surface area contributed by atoms with Gasteiger partial charge in [0.1, 0.15) is 5.75 Å². The SMILES string of the molecule is CCOC(=O)COc1ccccc1[C@H]1CC(c2cccs2)=NN1C(=O)c1ccccc1. The number of hydrogen-bond donors (Lipinski definition) is 0. The fraction of sp³-hybridized carbons (Fsp3) is 0.208. The standard InChI is InChI=1S/C24H22N2O4S/c1-2-29-23(27)16-30-21-12-7-6-11-18(21)20-15-19(22-13-8-14-31-22)25-26(20)24(28)17-9-4-3-5-10-17/h3-14,20H,2,15-16H2,1H3/t20-/m1/s1. The van der Waals surface area contributed by atoms with Gasteiger partial charge in [0.05, 0.1) is 23.2 Å². The van der Waals surface area contributed by atoms with Crippen molar-refractivity contribution in [3.63, 3.8) is 0 Å². The number of ether oxygens (including phenoxy) is 2. The maximum atomic E-state index is 13.3. The molecule has 0 aliphatic carbocycles. The van der Waals surface area contributed by atoms with E-state index in [2.05, 4.69) is 0 Å². The summed E-state index contributed by atoms with van der Waals surface area (Å²) in [6.07, 6.45) is 0.554. The van der Waals surface area contributed by atoms with E-state index in [4.69, 9.17) is 14.6 Å². The average Bonchev–Trinajstić information content (AvgIpc) is 3.48. The Morgan fingerprint density at radius 1 is 1.06 bits per heavy atom. The molecule has 0 spiro atoms. The highest BCUT2D eigenvalue weighted by molar-refractivity contribution is 7.12. The van der Waals surface area contributed by atoms with E-state index in [0.717, 1.165) is 16.2 Å². The van der Waals surface area contributed by atoms with Gasteiger partial charge in [-0.1, -0.05) is 42.5 Å². The Balaban J connectivity index is 1.66. The van der Waals surface area contributed by atoms with Gasteiger partial charge in [-0.2, -0.15) is 5.10 Å². The molecule has 2 heterocycles. The number of amides is 1. The van der Waals surface area contributed by atoms with Crippen LogP contribution in [0.3, 0.4) is 0 Å². The summed E-state index contributed by atoms with van der Waals surface area (Å²) < 4.78 is 10.7. The third-order valence-electron chi connectivity index (χ3n) is 4.87. The first kappa shape index (κ1) is 20.8. The molecule has 1 atom stereocenters. The van der Waals surface area contributed by atoms with E-state index < -0.39 is 5.97 Å². The molecule has 0 unspecified atom stereocenters. The number of thiophene rings is 1. The second kappa shape index (κ2) is 9.57. The second-order valence-electron chi connectivity index (χ2n) is 6.89.